The highest BCUT2D eigenvalue weighted by Gasteiger charge is 2.37. The molecule has 13 N–H and O–H groups in total. The standard InChI is InChI=1S/C48H61ClN8O11/c1-24-14-36(61)40(57(5)46(64)27(12-13-50)18-35(60)39-42(49)55-44(56-43(39)53)26-7-9-29(10-8-26)48(2,3)4)28-17-33(41(62)38(19-28)68-23-31(59)21-52)32-15-25(16-34(47(65)66)54-45(24)63)6-11-37(32)67-22-30(58)20-51/h6-11,15,17,19,24,27,30-31,34,40,58-59,62H,12-14,16,18,20-23,50-52H2,1-5H3,(H,54,63)(H,65,66)(H2,53,55,56)/t24-,27-,30-,31-,34+,40+/m1/s1. The highest BCUT2D eigenvalue weighted by Crippen LogP contribution is 2.45. The number of nitrogen functional groups attached to an aromatic ring is 1. The van der Waals surface area contributed by atoms with E-state index in [1.54, 1.807) is 6.07 Å². The van der Waals surface area contributed by atoms with E-state index in [4.69, 9.17) is 44.0 Å². The summed E-state index contributed by atoms with van der Waals surface area (Å²) in [7, 11) is 1.33. The van der Waals surface area contributed by atoms with Gasteiger partial charge in [0.25, 0.3) is 0 Å². The minimum absolute atomic E-state index is 0.0223. The molecular weight excluding hydrogens is 900 g/mol. The second kappa shape index (κ2) is 22.7. The number of halogens is 1. The first-order valence-electron chi connectivity index (χ1n) is 22.1. The predicted octanol–water partition coefficient (Wildman–Crippen LogP) is 2.90. The molecule has 5 rings (SSSR count). The number of fused-ring (bicyclic) bond motifs is 5. The van der Waals surface area contributed by atoms with Crippen LogP contribution >= 0.6 is 11.6 Å². The summed E-state index contributed by atoms with van der Waals surface area (Å²) in [5, 5.41) is 45.0. The maximum Gasteiger partial charge on any atom is 0.326 e. The number of aromatic hydroxyl groups is 1. The average molecular weight is 962 g/mol. The molecule has 0 saturated heterocycles. The minimum Gasteiger partial charge on any atom is -0.504 e. The van der Waals surface area contributed by atoms with Crippen LogP contribution in [0.4, 0.5) is 5.82 Å². The number of rotatable bonds is 17. The Bertz CT molecular complexity index is 2480. The number of hydrogen-bond acceptors (Lipinski definition) is 16. The van der Waals surface area contributed by atoms with Gasteiger partial charge in [-0.25, -0.2) is 14.8 Å². The number of phenolic OH excluding ortho intramolecular Hbond substituents is 1. The zero-order chi connectivity index (χ0) is 50.2. The van der Waals surface area contributed by atoms with Gasteiger partial charge in [-0.3, -0.25) is 19.2 Å². The number of anilines is 1. The van der Waals surface area contributed by atoms with Crippen LogP contribution < -0.4 is 37.7 Å². The number of carbonyl (C=O) groups excluding carboxylic acids is 4. The quantitative estimate of drug-likeness (QED) is 0.0543. The van der Waals surface area contributed by atoms with Crippen molar-refractivity contribution in [2.75, 3.05) is 45.6 Å². The third-order valence-electron chi connectivity index (χ3n) is 11.7. The Labute approximate surface area is 399 Å². The summed E-state index contributed by atoms with van der Waals surface area (Å²) >= 11 is 6.62. The van der Waals surface area contributed by atoms with Crippen LogP contribution in [0.25, 0.3) is 22.5 Å². The zero-order valence-electron chi connectivity index (χ0n) is 38.7. The monoisotopic (exact) mass is 960 g/mol. The number of ketones is 2. The molecule has 0 spiro atoms. The number of nitrogens with one attached hydrogen (secondary N) is 1. The van der Waals surface area contributed by atoms with Crippen LogP contribution in [-0.4, -0.2) is 123 Å². The molecule has 3 aromatic carbocycles. The van der Waals surface area contributed by atoms with Gasteiger partial charge in [-0.15, -0.1) is 0 Å². The minimum atomic E-state index is -1.56. The molecule has 68 heavy (non-hydrogen) atoms. The van der Waals surface area contributed by atoms with Gasteiger partial charge >= 0.3 is 5.97 Å². The lowest BCUT2D eigenvalue weighted by Gasteiger charge is -2.32. The van der Waals surface area contributed by atoms with Crippen LogP contribution in [0.3, 0.4) is 0 Å². The number of hydrogen-bond donors (Lipinski definition) is 9. The number of aliphatic hydroxyl groups is 2. The summed E-state index contributed by atoms with van der Waals surface area (Å²) in [6.07, 6.45) is -3.56. The van der Waals surface area contributed by atoms with Gasteiger partial charge in [0.2, 0.25) is 11.8 Å². The first-order valence-corrected chi connectivity index (χ1v) is 22.5. The largest absolute Gasteiger partial charge is 0.504 e. The fraction of sp³-hybridized carbons (Fsp3) is 0.438. The van der Waals surface area contributed by atoms with E-state index in [1.165, 1.54) is 38.2 Å². The SMILES string of the molecule is C[C@@H]1CC(=O)[C@@H](N(C)C(=O)[C@H](CCN)CC(=O)c2c(N)nc(-c3ccc(C(C)(C)C)cc3)nc2Cl)c2cc(OC[C@H](O)CN)c(O)c(c2)-c2cc(ccc2OC[C@H](O)CN)C[C@@H](C(=O)O)NC1=O. The van der Waals surface area contributed by atoms with Crippen molar-refractivity contribution in [2.24, 2.45) is 29.0 Å². The van der Waals surface area contributed by atoms with E-state index in [0.717, 1.165) is 10.5 Å². The van der Waals surface area contributed by atoms with Crippen LogP contribution in [0.2, 0.25) is 5.15 Å². The van der Waals surface area contributed by atoms with Crippen molar-refractivity contribution in [2.45, 2.75) is 83.1 Å². The number of nitrogens with zero attached hydrogens (tertiary/aromatic N) is 3. The Balaban J connectivity index is 1.62. The van der Waals surface area contributed by atoms with Gasteiger partial charge in [0.15, 0.2) is 28.9 Å². The number of likely N-dealkylation sites (N-methyl/N-ethyl adjacent to an activating group) is 1. The molecule has 1 aromatic heterocycles. The molecule has 2 heterocycles. The highest BCUT2D eigenvalue weighted by molar-refractivity contribution is 6.33. The number of aromatic nitrogens is 2. The summed E-state index contributed by atoms with van der Waals surface area (Å²) in [5.74, 6) is -7.21. The van der Waals surface area contributed by atoms with Crippen molar-refractivity contribution < 1.29 is 53.9 Å². The molecule has 1 aliphatic heterocycles. The molecule has 0 saturated carbocycles. The van der Waals surface area contributed by atoms with Crippen molar-refractivity contribution >= 4 is 46.8 Å². The third kappa shape index (κ3) is 12.6. The highest BCUT2D eigenvalue weighted by atomic mass is 35.5. The molecule has 20 heteroatoms. The predicted molar refractivity (Wildman–Crippen MR) is 254 cm³/mol. The average Bonchev–Trinajstić information content (AvgIpc) is 3.29. The van der Waals surface area contributed by atoms with Gasteiger partial charge in [0.05, 0.1) is 5.56 Å². The second-order valence-corrected chi connectivity index (χ2v) is 18.4. The molecule has 6 atom stereocenters. The number of benzene rings is 3. The van der Waals surface area contributed by atoms with Gasteiger partial charge in [-0.05, 0) is 59.3 Å². The summed E-state index contributed by atoms with van der Waals surface area (Å²) in [4.78, 5) is 79.6. The number of carbonyl (C=O) groups is 5. The topological polar surface area (TPSA) is 330 Å². The Morgan fingerprint density at radius 2 is 1.54 bits per heavy atom. The van der Waals surface area contributed by atoms with E-state index in [9.17, 15) is 44.4 Å². The van der Waals surface area contributed by atoms with Crippen LogP contribution in [0.15, 0.2) is 54.6 Å². The first kappa shape index (κ1) is 52.7. The first-order chi connectivity index (χ1) is 32.1. The van der Waals surface area contributed by atoms with Crippen molar-refractivity contribution in [3.63, 3.8) is 0 Å². The molecule has 19 nitrogen and oxygen atoms in total. The Kier molecular flexibility index (Phi) is 17.6. The van der Waals surface area contributed by atoms with Gasteiger partial charge in [-0.1, -0.05) is 69.6 Å². The van der Waals surface area contributed by atoms with Crippen molar-refractivity contribution in [1.82, 2.24) is 20.2 Å². The number of aliphatic carboxylic acids is 1. The molecule has 366 valence electrons. The molecule has 0 fully saturated rings. The summed E-state index contributed by atoms with van der Waals surface area (Å²) in [5.41, 5.74) is 25.5. The normalized spacial score (nSPS) is 17.8. The number of nitrogens with two attached hydrogens (primary N) is 4. The van der Waals surface area contributed by atoms with E-state index in [-0.39, 0.29) is 95.0 Å². The molecule has 1 aliphatic rings. The molecule has 0 unspecified atom stereocenters. The van der Waals surface area contributed by atoms with E-state index < -0.39 is 90.7 Å². The number of carboxylic acid groups (broad SMARTS) is 1. The zero-order valence-corrected chi connectivity index (χ0v) is 39.5. The lowest BCUT2D eigenvalue weighted by molar-refractivity contribution is -0.144. The molecular formula is C48H61ClN8O11. The lowest BCUT2D eigenvalue weighted by Crippen LogP contribution is -2.45. The Morgan fingerprint density at radius 1 is 0.912 bits per heavy atom. The van der Waals surface area contributed by atoms with Crippen molar-refractivity contribution in [3.8, 4) is 39.8 Å². The number of amides is 2. The Hall–Kier alpha value is -6.22. The van der Waals surface area contributed by atoms with Crippen LogP contribution in [0.1, 0.15) is 80.0 Å². The molecule has 0 aliphatic carbocycles. The van der Waals surface area contributed by atoms with Crippen LogP contribution in [0.5, 0.6) is 17.2 Å². The molecule has 4 bridgehead atoms. The maximum atomic E-state index is 14.8. The van der Waals surface area contributed by atoms with Gasteiger partial charge in [0.1, 0.15) is 54.2 Å². The third-order valence-corrected chi connectivity index (χ3v) is 12.0. The van der Waals surface area contributed by atoms with Gasteiger partial charge in [0, 0.05) is 67.9 Å². The van der Waals surface area contributed by atoms with Crippen LogP contribution in [0, 0.1) is 11.8 Å². The van der Waals surface area contributed by atoms with E-state index in [1.807, 2.05) is 24.3 Å². The number of carboxylic acids is 1. The molecule has 0 radical (unpaired) electrons. The summed E-state index contributed by atoms with van der Waals surface area (Å²) in [6.45, 7) is 6.53. The smallest absolute Gasteiger partial charge is 0.326 e. The van der Waals surface area contributed by atoms with Gasteiger partial charge < -0.3 is 63.1 Å². The maximum absolute atomic E-state index is 14.8. The summed E-state index contributed by atoms with van der Waals surface area (Å²) in [6, 6.07) is 11.7. The number of ether oxygens (including phenoxy) is 2. The Morgan fingerprint density at radius 3 is 2.12 bits per heavy atom. The second-order valence-electron chi connectivity index (χ2n) is 18.0. The fourth-order valence-electron chi connectivity index (χ4n) is 7.74. The van der Waals surface area contributed by atoms with E-state index >= 15 is 0 Å². The van der Waals surface area contributed by atoms with E-state index in [0.29, 0.717) is 11.1 Å². The molecule has 2 amide bonds. The lowest BCUT2D eigenvalue weighted by atomic mass is 9.86. The van der Waals surface area contributed by atoms with Crippen LogP contribution in [-0.2, 0) is 31.0 Å². The fourth-order valence-corrected chi connectivity index (χ4v) is 8.03. The van der Waals surface area contributed by atoms with Gasteiger partial charge in [-0.2, -0.15) is 0 Å². The number of aliphatic hydroxyl groups excluding tert-OH is 2. The van der Waals surface area contributed by atoms with Crippen molar-refractivity contribution in [1.29, 1.82) is 0 Å². The number of phenols is 1. The number of Topliss-reactive ketones (excluding diaryl/α,β-unsaturated/α-hetero) is 2. The van der Waals surface area contributed by atoms with E-state index in [2.05, 4.69) is 36.1 Å². The summed E-state index contributed by atoms with van der Waals surface area (Å²) < 4.78 is 11.8. The van der Waals surface area contributed by atoms with Crippen molar-refractivity contribution in [3.05, 3.63) is 82.0 Å². The molecule has 4 aromatic rings.